The van der Waals surface area contributed by atoms with E-state index in [4.69, 9.17) is 4.74 Å². The number of hydrogen-bond acceptors (Lipinski definition) is 5. The summed E-state index contributed by atoms with van der Waals surface area (Å²) >= 11 is 0. The Morgan fingerprint density at radius 3 is 2.70 bits per heavy atom. The molecule has 1 aromatic carbocycles. The predicted molar refractivity (Wildman–Crippen MR) is 88.1 cm³/mol. The summed E-state index contributed by atoms with van der Waals surface area (Å²) in [5, 5.41) is 12.6. The van der Waals surface area contributed by atoms with Crippen LogP contribution in [0.4, 0.5) is 11.5 Å². The Hall–Kier alpha value is -2.60. The first-order valence-corrected chi connectivity index (χ1v) is 7.53. The van der Waals surface area contributed by atoms with Crippen LogP contribution in [0.2, 0.25) is 0 Å². The van der Waals surface area contributed by atoms with Gasteiger partial charge in [0.2, 0.25) is 0 Å². The minimum Gasteiger partial charge on any atom is -0.507 e. The van der Waals surface area contributed by atoms with Gasteiger partial charge >= 0.3 is 0 Å². The molecule has 1 saturated heterocycles. The number of carbonyl (C=O) groups is 1. The van der Waals surface area contributed by atoms with E-state index >= 15 is 0 Å². The number of benzene rings is 1. The van der Waals surface area contributed by atoms with Gasteiger partial charge in [-0.25, -0.2) is 4.98 Å². The van der Waals surface area contributed by atoms with Crippen LogP contribution < -0.4 is 10.2 Å². The normalized spacial score (nSPS) is 14.6. The van der Waals surface area contributed by atoms with Crippen LogP contribution in [0.1, 0.15) is 15.9 Å². The molecule has 0 saturated carbocycles. The molecule has 0 spiro atoms. The molecule has 120 valence electrons. The van der Waals surface area contributed by atoms with E-state index in [2.05, 4.69) is 15.2 Å². The highest BCUT2D eigenvalue weighted by atomic mass is 16.5. The zero-order valence-electron chi connectivity index (χ0n) is 13.0. The Morgan fingerprint density at radius 1 is 1.26 bits per heavy atom. The van der Waals surface area contributed by atoms with Gasteiger partial charge in [0, 0.05) is 13.1 Å². The van der Waals surface area contributed by atoms with Gasteiger partial charge in [0.1, 0.15) is 11.6 Å². The third-order valence-electron chi connectivity index (χ3n) is 3.74. The molecule has 6 heteroatoms. The van der Waals surface area contributed by atoms with Crippen LogP contribution in [0.25, 0.3) is 0 Å². The predicted octanol–water partition coefficient (Wildman–Crippen LogP) is 2.18. The van der Waals surface area contributed by atoms with Gasteiger partial charge < -0.3 is 20.1 Å². The number of aromatic nitrogens is 1. The Labute approximate surface area is 134 Å². The number of aromatic hydroxyl groups is 1. The van der Waals surface area contributed by atoms with Crippen molar-refractivity contribution in [2.45, 2.75) is 6.92 Å². The second kappa shape index (κ2) is 6.66. The molecule has 0 bridgehead atoms. The smallest absolute Gasteiger partial charge is 0.259 e. The summed E-state index contributed by atoms with van der Waals surface area (Å²) in [6, 6.07) is 8.63. The first-order valence-electron chi connectivity index (χ1n) is 7.53. The van der Waals surface area contributed by atoms with E-state index in [1.54, 1.807) is 30.5 Å². The number of rotatable bonds is 3. The van der Waals surface area contributed by atoms with Gasteiger partial charge in [0.25, 0.3) is 5.91 Å². The third-order valence-corrected chi connectivity index (χ3v) is 3.74. The van der Waals surface area contributed by atoms with Crippen LogP contribution in [0.3, 0.4) is 0 Å². The summed E-state index contributed by atoms with van der Waals surface area (Å²) in [6.07, 6.45) is 1.62. The molecule has 2 aromatic rings. The maximum Gasteiger partial charge on any atom is 0.259 e. The number of anilines is 2. The lowest BCUT2D eigenvalue weighted by molar-refractivity contribution is 0.102. The van der Waals surface area contributed by atoms with Crippen molar-refractivity contribution in [2.75, 3.05) is 36.5 Å². The van der Waals surface area contributed by atoms with Crippen molar-refractivity contribution in [3.05, 3.63) is 47.7 Å². The molecule has 2 heterocycles. The summed E-state index contributed by atoms with van der Waals surface area (Å²) < 4.78 is 5.32. The number of phenols is 1. The highest BCUT2D eigenvalue weighted by Crippen LogP contribution is 2.21. The molecule has 2 N–H and O–H groups in total. The van der Waals surface area contributed by atoms with Crippen LogP contribution in [0.5, 0.6) is 5.75 Å². The van der Waals surface area contributed by atoms with Gasteiger partial charge in [-0.15, -0.1) is 0 Å². The Balaban J connectivity index is 1.69. The zero-order chi connectivity index (χ0) is 16.2. The minimum atomic E-state index is -0.358. The molecule has 1 aliphatic heterocycles. The summed E-state index contributed by atoms with van der Waals surface area (Å²) in [7, 11) is 0. The molecule has 6 nitrogen and oxygen atoms in total. The molecular weight excluding hydrogens is 294 g/mol. The van der Waals surface area contributed by atoms with Crippen molar-refractivity contribution in [3.8, 4) is 5.75 Å². The van der Waals surface area contributed by atoms with E-state index in [1.807, 2.05) is 13.0 Å². The second-order valence-electron chi connectivity index (χ2n) is 5.48. The molecular formula is C17H19N3O3. The number of hydrogen-bond donors (Lipinski definition) is 2. The van der Waals surface area contributed by atoms with Gasteiger partial charge in [-0.3, -0.25) is 4.79 Å². The molecule has 3 rings (SSSR count). The number of nitrogens with zero attached hydrogens (tertiary/aromatic N) is 2. The highest BCUT2D eigenvalue weighted by Gasteiger charge is 2.14. The molecule has 0 radical (unpaired) electrons. The number of nitrogens with one attached hydrogen (secondary N) is 1. The molecule has 23 heavy (non-hydrogen) atoms. The van der Waals surface area contributed by atoms with Crippen molar-refractivity contribution in [1.29, 1.82) is 0 Å². The van der Waals surface area contributed by atoms with E-state index in [-0.39, 0.29) is 17.2 Å². The van der Waals surface area contributed by atoms with Gasteiger partial charge in [0.05, 0.1) is 30.7 Å². The monoisotopic (exact) mass is 313 g/mol. The van der Waals surface area contributed by atoms with Crippen LogP contribution >= 0.6 is 0 Å². The second-order valence-corrected chi connectivity index (χ2v) is 5.48. The highest BCUT2D eigenvalue weighted by molar-refractivity contribution is 6.06. The lowest BCUT2D eigenvalue weighted by Crippen LogP contribution is -2.36. The van der Waals surface area contributed by atoms with Crippen LogP contribution in [0, 0.1) is 6.92 Å². The maximum absolute atomic E-state index is 12.2. The number of carbonyl (C=O) groups excluding carboxylic acids is 1. The SMILES string of the molecule is Cc1ccc(C(=O)Nc2ccc(N3CCOCC3)nc2)c(O)c1. The summed E-state index contributed by atoms with van der Waals surface area (Å²) in [5.41, 5.74) is 1.73. The molecule has 1 fully saturated rings. The summed E-state index contributed by atoms with van der Waals surface area (Å²) in [4.78, 5) is 18.7. The minimum absolute atomic E-state index is 0.0274. The Bertz CT molecular complexity index is 695. The molecule has 1 aromatic heterocycles. The third kappa shape index (κ3) is 3.60. The quantitative estimate of drug-likeness (QED) is 0.908. The fourth-order valence-corrected chi connectivity index (χ4v) is 2.47. The fourth-order valence-electron chi connectivity index (χ4n) is 2.47. The van der Waals surface area contributed by atoms with E-state index in [0.717, 1.165) is 24.5 Å². The Morgan fingerprint density at radius 2 is 2.04 bits per heavy atom. The first-order chi connectivity index (χ1) is 11.1. The van der Waals surface area contributed by atoms with E-state index in [0.29, 0.717) is 18.9 Å². The first kappa shape index (κ1) is 15.3. The number of morpholine rings is 1. The molecule has 0 atom stereocenters. The zero-order valence-corrected chi connectivity index (χ0v) is 13.0. The average Bonchev–Trinajstić information content (AvgIpc) is 2.56. The largest absolute Gasteiger partial charge is 0.507 e. The van der Waals surface area contributed by atoms with Gasteiger partial charge in [0.15, 0.2) is 0 Å². The molecule has 0 unspecified atom stereocenters. The number of phenolic OH excluding ortho intramolecular Hbond substituents is 1. The van der Waals surface area contributed by atoms with E-state index in [9.17, 15) is 9.90 Å². The summed E-state index contributed by atoms with van der Waals surface area (Å²) in [5.74, 6) is 0.480. The average molecular weight is 313 g/mol. The molecule has 1 aliphatic rings. The van der Waals surface area contributed by atoms with Crippen LogP contribution in [-0.4, -0.2) is 42.3 Å². The molecule has 0 aliphatic carbocycles. The number of aryl methyl sites for hydroxylation is 1. The van der Waals surface area contributed by atoms with Crippen molar-refractivity contribution < 1.29 is 14.6 Å². The van der Waals surface area contributed by atoms with Crippen LogP contribution in [0.15, 0.2) is 36.5 Å². The van der Waals surface area contributed by atoms with Gasteiger partial charge in [-0.1, -0.05) is 6.07 Å². The van der Waals surface area contributed by atoms with Gasteiger partial charge in [-0.05, 0) is 36.8 Å². The number of amides is 1. The lowest BCUT2D eigenvalue weighted by Gasteiger charge is -2.27. The topological polar surface area (TPSA) is 74.7 Å². The number of ether oxygens (including phenoxy) is 1. The number of pyridine rings is 1. The lowest BCUT2D eigenvalue weighted by atomic mass is 10.1. The van der Waals surface area contributed by atoms with Crippen molar-refractivity contribution in [1.82, 2.24) is 4.98 Å². The van der Waals surface area contributed by atoms with E-state index in [1.165, 1.54) is 0 Å². The maximum atomic E-state index is 12.2. The van der Waals surface area contributed by atoms with Crippen molar-refractivity contribution in [3.63, 3.8) is 0 Å². The standard InChI is InChI=1S/C17H19N3O3/c1-12-2-4-14(15(21)10-12)17(22)19-13-3-5-16(18-11-13)20-6-8-23-9-7-20/h2-5,10-11,21H,6-9H2,1H3,(H,19,22). The van der Waals surface area contributed by atoms with Crippen molar-refractivity contribution in [2.24, 2.45) is 0 Å². The summed E-state index contributed by atoms with van der Waals surface area (Å²) in [6.45, 7) is 4.89. The van der Waals surface area contributed by atoms with Crippen molar-refractivity contribution >= 4 is 17.4 Å². The Kier molecular flexibility index (Phi) is 4.43. The van der Waals surface area contributed by atoms with Gasteiger partial charge in [-0.2, -0.15) is 0 Å². The molecule has 1 amide bonds. The van der Waals surface area contributed by atoms with E-state index < -0.39 is 0 Å². The fraction of sp³-hybridized carbons (Fsp3) is 0.294. The van der Waals surface area contributed by atoms with Crippen LogP contribution in [-0.2, 0) is 4.74 Å².